The van der Waals surface area contributed by atoms with Gasteiger partial charge in [-0.3, -0.25) is 4.79 Å². The van der Waals surface area contributed by atoms with Crippen LogP contribution in [0.1, 0.15) is 41.0 Å². The van der Waals surface area contributed by atoms with Crippen molar-refractivity contribution in [3.63, 3.8) is 0 Å². The highest BCUT2D eigenvalue weighted by molar-refractivity contribution is 5.65. The monoisotopic (exact) mass is 198 g/mol. The Bertz CT molecular complexity index is 214. The van der Waals surface area contributed by atoms with Crippen LogP contribution in [0, 0.1) is 10.8 Å². The summed E-state index contributed by atoms with van der Waals surface area (Å²) in [6, 6.07) is 0. The molecule has 0 saturated heterocycles. The minimum Gasteiger partial charge on any atom is -0.465 e. The largest absolute Gasteiger partial charge is 0.465 e. The van der Waals surface area contributed by atoms with Gasteiger partial charge in [0.2, 0.25) is 0 Å². The molecule has 0 aromatic heterocycles. The minimum atomic E-state index is -0.213. The second-order valence-electron chi connectivity index (χ2n) is 5.31. The minimum absolute atomic E-state index is 0.00333. The Balaban J connectivity index is 4.19. The van der Waals surface area contributed by atoms with Crippen LogP contribution in [0.4, 0.5) is 0 Å². The molecular formula is C12H22O2. The van der Waals surface area contributed by atoms with Crippen molar-refractivity contribution in [1.29, 1.82) is 0 Å². The molecule has 0 aromatic carbocycles. The SMILES string of the molecule is C=CC(C)(C)CC(C)(C)COC(C)=O. The summed E-state index contributed by atoms with van der Waals surface area (Å²) < 4.78 is 5.02. The van der Waals surface area contributed by atoms with Gasteiger partial charge in [0.25, 0.3) is 0 Å². The Morgan fingerprint density at radius 2 is 1.86 bits per heavy atom. The van der Waals surface area contributed by atoms with Crippen molar-refractivity contribution in [2.24, 2.45) is 10.8 Å². The zero-order valence-corrected chi connectivity index (χ0v) is 10.0. The van der Waals surface area contributed by atoms with E-state index in [0.717, 1.165) is 6.42 Å². The summed E-state index contributed by atoms with van der Waals surface area (Å²) in [5.41, 5.74) is 0.0903. The molecule has 0 heterocycles. The molecule has 0 atom stereocenters. The quantitative estimate of drug-likeness (QED) is 0.501. The van der Waals surface area contributed by atoms with Gasteiger partial charge >= 0.3 is 5.97 Å². The Morgan fingerprint density at radius 1 is 1.36 bits per heavy atom. The molecule has 0 fully saturated rings. The van der Waals surface area contributed by atoms with E-state index in [4.69, 9.17) is 4.74 Å². The van der Waals surface area contributed by atoms with E-state index < -0.39 is 0 Å². The van der Waals surface area contributed by atoms with Crippen molar-refractivity contribution >= 4 is 5.97 Å². The first-order valence-electron chi connectivity index (χ1n) is 4.95. The topological polar surface area (TPSA) is 26.3 Å². The van der Waals surface area contributed by atoms with Crippen molar-refractivity contribution in [3.05, 3.63) is 12.7 Å². The zero-order chi connectivity index (χ0) is 11.4. The van der Waals surface area contributed by atoms with Crippen LogP contribution in [0.15, 0.2) is 12.7 Å². The van der Waals surface area contributed by atoms with Crippen LogP contribution in [0.25, 0.3) is 0 Å². The average molecular weight is 198 g/mol. The van der Waals surface area contributed by atoms with Crippen LogP contribution < -0.4 is 0 Å². The Labute approximate surface area is 87.3 Å². The number of allylic oxidation sites excluding steroid dienone is 1. The highest BCUT2D eigenvalue weighted by Gasteiger charge is 2.27. The van der Waals surface area contributed by atoms with Gasteiger partial charge in [-0.05, 0) is 17.3 Å². The summed E-state index contributed by atoms with van der Waals surface area (Å²) in [6.45, 7) is 14.2. The zero-order valence-electron chi connectivity index (χ0n) is 10.0. The van der Waals surface area contributed by atoms with Crippen LogP contribution in [-0.2, 0) is 9.53 Å². The van der Waals surface area contributed by atoms with Gasteiger partial charge in [0.05, 0.1) is 6.61 Å². The average Bonchev–Trinajstić information content (AvgIpc) is 1.99. The van der Waals surface area contributed by atoms with Gasteiger partial charge in [-0.1, -0.05) is 33.8 Å². The number of hydrogen-bond donors (Lipinski definition) is 0. The van der Waals surface area contributed by atoms with Crippen LogP contribution in [0.3, 0.4) is 0 Å². The van der Waals surface area contributed by atoms with E-state index in [9.17, 15) is 4.79 Å². The molecule has 0 saturated carbocycles. The van der Waals surface area contributed by atoms with E-state index in [0.29, 0.717) is 6.61 Å². The molecule has 0 spiro atoms. The molecule has 0 aliphatic heterocycles. The molecule has 0 aliphatic carbocycles. The van der Waals surface area contributed by atoms with Gasteiger partial charge < -0.3 is 4.74 Å². The van der Waals surface area contributed by atoms with Crippen molar-refractivity contribution in [1.82, 2.24) is 0 Å². The molecule has 14 heavy (non-hydrogen) atoms. The summed E-state index contributed by atoms with van der Waals surface area (Å²) in [4.78, 5) is 10.7. The number of ether oxygens (including phenoxy) is 1. The fraction of sp³-hybridized carbons (Fsp3) is 0.750. The molecule has 0 unspecified atom stereocenters. The lowest BCUT2D eigenvalue weighted by Gasteiger charge is -2.32. The molecule has 0 N–H and O–H groups in total. The third kappa shape index (κ3) is 5.79. The van der Waals surface area contributed by atoms with E-state index in [1.54, 1.807) is 0 Å². The number of carbonyl (C=O) groups is 1. The summed E-state index contributed by atoms with van der Waals surface area (Å²) in [5, 5.41) is 0. The van der Waals surface area contributed by atoms with Crippen LogP contribution in [-0.4, -0.2) is 12.6 Å². The molecule has 82 valence electrons. The molecule has 0 aromatic rings. The van der Waals surface area contributed by atoms with Gasteiger partial charge in [0.1, 0.15) is 0 Å². The van der Waals surface area contributed by atoms with Crippen LogP contribution in [0.2, 0.25) is 0 Å². The second kappa shape index (κ2) is 4.63. The standard InChI is InChI=1S/C12H22O2/c1-7-11(3,4)8-12(5,6)9-14-10(2)13/h7H,1,8-9H2,2-6H3. The van der Waals surface area contributed by atoms with E-state index in [1.165, 1.54) is 6.92 Å². The number of esters is 1. The van der Waals surface area contributed by atoms with Gasteiger partial charge in [-0.2, -0.15) is 0 Å². The molecule has 0 radical (unpaired) electrons. The molecule has 0 bridgehead atoms. The Morgan fingerprint density at radius 3 is 2.21 bits per heavy atom. The maximum Gasteiger partial charge on any atom is 0.302 e. The van der Waals surface area contributed by atoms with Crippen molar-refractivity contribution in [2.45, 2.75) is 41.0 Å². The molecule has 0 amide bonds. The van der Waals surface area contributed by atoms with Crippen molar-refractivity contribution < 1.29 is 9.53 Å². The molecule has 0 aliphatic rings. The smallest absolute Gasteiger partial charge is 0.302 e. The second-order valence-corrected chi connectivity index (χ2v) is 5.31. The third-order valence-corrected chi connectivity index (χ3v) is 2.15. The van der Waals surface area contributed by atoms with E-state index >= 15 is 0 Å². The number of carbonyl (C=O) groups excluding carboxylic acids is 1. The maximum absolute atomic E-state index is 10.7. The molecular weight excluding hydrogens is 176 g/mol. The highest BCUT2D eigenvalue weighted by Crippen LogP contribution is 2.34. The lowest BCUT2D eigenvalue weighted by atomic mass is 9.76. The van der Waals surface area contributed by atoms with E-state index in [-0.39, 0.29) is 16.8 Å². The first kappa shape index (κ1) is 13.2. The van der Waals surface area contributed by atoms with Gasteiger partial charge in [0.15, 0.2) is 0 Å². The molecule has 2 nitrogen and oxygen atoms in total. The Hall–Kier alpha value is -0.790. The van der Waals surface area contributed by atoms with Crippen molar-refractivity contribution in [3.8, 4) is 0 Å². The highest BCUT2D eigenvalue weighted by atomic mass is 16.5. The summed E-state index contributed by atoms with van der Waals surface area (Å²) >= 11 is 0. The van der Waals surface area contributed by atoms with Crippen LogP contribution >= 0.6 is 0 Å². The maximum atomic E-state index is 10.7. The predicted molar refractivity (Wildman–Crippen MR) is 59.0 cm³/mol. The van der Waals surface area contributed by atoms with Gasteiger partial charge in [-0.25, -0.2) is 0 Å². The lowest BCUT2D eigenvalue weighted by molar-refractivity contribution is -0.144. The summed E-state index contributed by atoms with van der Waals surface area (Å²) in [5.74, 6) is -0.213. The third-order valence-electron chi connectivity index (χ3n) is 2.15. The molecule has 2 heteroatoms. The molecule has 0 rings (SSSR count). The summed E-state index contributed by atoms with van der Waals surface area (Å²) in [7, 11) is 0. The van der Waals surface area contributed by atoms with Gasteiger partial charge in [-0.15, -0.1) is 6.58 Å². The number of rotatable bonds is 5. The van der Waals surface area contributed by atoms with E-state index in [2.05, 4.69) is 34.3 Å². The first-order chi connectivity index (χ1) is 6.18. The number of hydrogen-bond acceptors (Lipinski definition) is 2. The van der Waals surface area contributed by atoms with Crippen molar-refractivity contribution in [2.75, 3.05) is 6.61 Å². The normalized spacial score (nSPS) is 12.4. The van der Waals surface area contributed by atoms with E-state index in [1.807, 2.05) is 6.08 Å². The fourth-order valence-electron chi connectivity index (χ4n) is 1.65. The van der Waals surface area contributed by atoms with Gasteiger partial charge in [0, 0.05) is 6.92 Å². The fourth-order valence-corrected chi connectivity index (χ4v) is 1.65. The Kier molecular flexibility index (Phi) is 4.37. The summed E-state index contributed by atoms with van der Waals surface area (Å²) in [6.07, 6.45) is 2.90. The predicted octanol–water partition coefficient (Wildman–Crippen LogP) is 3.18. The lowest BCUT2D eigenvalue weighted by Crippen LogP contribution is -2.27. The van der Waals surface area contributed by atoms with Crippen LogP contribution in [0.5, 0.6) is 0 Å². The first-order valence-corrected chi connectivity index (χ1v) is 4.95.